The van der Waals surface area contributed by atoms with E-state index in [9.17, 15) is 30.0 Å². The second-order valence-electron chi connectivity index (χ2n) is 13.5. The van der Waals surface area contributed by atoms with Crippen molar-refractivity contribution >= 4 is 11.9 Å². The maximum Gasteiger partial charge on any atom is 0.339 e. The number of aromatic hydroxyl groups is 2. The molecule has 2 rings (SSSR count). The quantitative estimate of drug-likeness (QED) is 0.342. The van der Waals surface area contributed by atoms with Crippen LogP contribution in [0.25, 0.3) is 0 Å². The molecule has 36 heavy (non-hydrogen) atoms. The van der Waals surface area contributed by atoms with Crippen LogP contribution < -0.4 is 0 Å². The van der Waals surface area contributed by atoms with Crippen LogP contribution in [0.2, 0.25) is 0 Å². The molecular weight excluding hydrogens is 456 g/mol. The largest absolute Gasteiger partial charge is 0.507 e. The van der Waals surface area contributed by atoms with Crippen LogP contribution in [0.15, 0.2) is 24.3 Å². The molecule has 200 valence electrons. The number of carboxylic acids is 2. The molecule has 0 aromatic heterocycles. The van der Waals surface area contributed by atoms with Crippen LogP contribution in [0.3, 0.4) is 0 Å². The summed E-state index contributed by atoms with van der Waals surface area (Å²) in [5.41, 5.74) is 2.24. The van der Waals surface area contributed by atoms with Gasteiger partial charge in [-0.05, 0) is 44.9 Å². The molecule has 0 aliphatic rings. The Labute approximate surface area is 216 Å². The van der Waals surface area contributed by atoms with Crippen LogP contribution in [0.5, 0.6) is 11.5 Å². The number of carboxylic acid groups (broad SMARTS) is 2. The molecule has 6 heteroatoms. The lowest BCUT2D eigenvalue weighted by molar-refractivity contribution is 0.0681. The molecule has 0 aliphatic heterocycles. The van der Waals surface area contributed by atoms with Gasteiger partial charge in [0.05, 0.1) is 0 Å². The van der Waals surface area contributed by atoms with Gasteiger partial charge in [-0.3, -0.25) is 0 Å². The Kier molecular flexibility index (Phi) is 8.75. The molecular formula is C30H44O6. The topological polar surface area (TPSA) is 115 Å². The lowest BCUT2D eigenvalue weighted by atomic mass is 9.79. The molecule has 0 spiro atoms. The van der Waals surface area contributed by atoms with E-state index in [1.807, 2.05) is 95.2 Å². The van der Waals surface area contributed by atoms with E-state index in [0.29, 0.717) is 11.1 Å². The van der Waals surface area contributed by atoms with E-state index in [4.69, 9.17) is 0 Å². The second-order valence-corrected chi connectivity index (χ2v) is 13.5. The molecule has 4 N–H and O–H groups in total. The van der Waals surface area contributed by atoms with Crippen LogP contribution in [0.1, 0.15) is 126 Å². The third kappa shape index (κ3) is 7.49. The van der Waals surface area contributed by atoms with Crippen LogP contribution in [-0.4, -0.2) is 32.4 Å². The Morgan fingerprint density at radius 3 is 0.917 bits per heavy atom. The summed E-state index contributed by atoms with van der Waals surface area (Å²) < 4.78 is 0. The molecule has 0 atom stereocenters. The zero-order valence-electron chi connectivity index (χ0n) is 23.9. The van der Waals surface area contributed by atoms with E-state index in [-0.39, 0.29) is 44.3 Å². The van der Waals surface area contributed by atoms with Gasteiger partial charge in [0.1, 0.15) is 22.6 Å². The molecule has 0 unspecified atom stereocenters. The van der Waals surface area contributed by atoms with E-state index in [2.05, 4.69) is 0 Å². The molecule has 0 heterocycles. The lowest BCUT2D eigenvalue weighted by Crippen LogP contribution is -2.18. The summed E-state index contributed by atoms with van der Waals surface area (Å²) in [6.45, 7) is 23.9. The first-order valence-electron chi connectivity index (χ1n) is 12.1. The lowest BCUT2D eigenvalue weighted by Gasteiger charge is -2.26. The number of aromatic carboxylic acids is 2. The van der Waals surface area contributed by atoms with Gasteiger partial charge >= 0.3 is 11.9 Å². The van der Waals surface area contributed by atoms with Crippen molar-refractivity contribution in [3.63, 3.8) is 0 Å². The van der Waals surface area contributed by atoms with E-state index >= 15 is 0 Å². The normalized spacial score (nSPS) is 12.6. The minimum atomic E-state index is -1.09. The highest BCUT2D eigenvalue weighted by Gasteiger charge is 2.28. The summed E-state index contributed by atoms with van der Waals surface area (Å²) >= 11 is 0. The minimum absolute atomic E-state index is 0.0210. The van der Waals surface area contributed by atoms with Crippen molar-refractivity contribution in [2.75, 3.05) is 0 Å². The minimum Gasteiger partial charge on any atom is -0.507 e. The molecule has 0 saturated carbocycles. The summed E-state index contributed by atoms with van der Waals surface area (Å²) in [6.07, 6.45) is 0. The van der Waals surface area contributed by atoms with Crippen molar-refractivity contribution in [2.45, 2.75) is 105 Å². The number of phenols is 2. The van der Waals surface area contributed by atoms with Crippen LogP contribution >= 0.6 is 0 Å². The predicted molar refractivity (Wildman–Crippen MR) is 145 cm³/mol. The van der Waals surface area contributed by atoms with E-state index < -0.39 is 11.9 Å². The molecule has 0 amide bonds. The Bertz CT molecular complexity index is 1040. The summed E-state index contributed by atoms with van der Waals surface area (Å²) in [5, 5.41) is 38.6. The first-order valence-corrected chi connectivity index (χ1v) is 12.1. The van der Waals surface area contributed by atoms with Crippen molar-refractivity contribution < 1.29 is 30.0 Å². The van der Waals surface area contributed by atoms with Gasteiger partial charge in [-0.25, -0.2) is 9.59 Å². The van der Waals surface area contributed by atoms with Crippen LogP contribution in [0.4, 0.5) is 0 Å². The third-order valence-corrected chi connectivity index (χ3v) is 6.03. The Balaban J connectivity index is 0.000000360. The molecule has 0 bridgehead atoms. The molecule has 0 aliphatic carbocycles. The number of rotatable bonds is 2. The van der Waals surface area contributed by atoms with Gasteiger partial charge in [0, 0.05) is 11.1 Å². The monoisotopic (exact) mass is 500 g/mol. The molecule has 0 saturated heterocycles. The van der Waals surface area contributed by atoms with E-state index in [0.717, 1.165) is 11.1 Å². The first kappa shape index (κ1) is 31.0. The van der Waals surface area contributed by atoms with Crippen molar-refractivity contribution in [3.8, 4) is 11.5 Å². The van der Waals surface area contributed by atoms with Crippen molar-refractivity contribution in [3.05, 3.63) is 57.6 Å². The highest BCUT2D eigenvalue weighted by Crippen LogP contribution is 2.38. The predicted octanol–water partition coefficient (Wildman–Crippen LogP) is 7.37. The first-order chi connectivity index (χ1) is 15.9. The average molecular weight is 501 g/mol. The van der Waals surface area contributed by atoms with Gasteiger partial charge in [0.15, 0.2) is 0 Å². The Hall–Kier alpha value is -3.02. The molecule has 2 aromatic carbocycles. The number of carbonyl (C=O) groups is 2. The highest BCUT2D eigenvalue weighted by atomic mass is 16.4. The van der Waals surface area contributed by atoms with Crippen LogP contribution in [-0.2, 0) is 21.7 Å². The van der Waals surface area contributed by atoms with E-state index in [1.54, 1.807) is 12.1 Å². The summed E-state index contributed by atoms with van der Waals surface area (Å²) in [6, 6.07) is 6.93. The van der Waals surface area contributed by atoms with Crippen molar-refractivity contribution in [1.82, 2.24) is 0 Å². The van der Waals surface area contributed by atoms with Gasteiger partial charge in [-0.1, -0.05) is 95.2 Å². The average Bonchev–Trinajstić information content (AvgIpc) is 2.64. The zero-order chi connectivity index (χ0) is 28.6. The molecule has 6 nitrogen and oxygen atoms in total. The molecule has 2 aromatic rings. The molecule has 0 fully saturated rings. The van der Waals surface area contributed by atoms with Gasteiger partial charge in [0.2, 0.25) is 0 Å². The van der Waals surface area contributed by atoms with Crippen molar-refractivity contribution in [1.29, 1.82) is 0 Å². The summed E-state index contributed by atoms with van der Waals surface area (Å²) in [5.74, 6) is -2.43. The number of benzene rings is 2. The molecule has 0 radical (unpaired) electrons. The maximum absolute atomic E-state index is 11.2. The third-order valence-electron chi connectivity index (χ3n) is 6.03. The fraction of sp³-hybridized carbons (Fsp3) is 0.533. The van der Waals surface area contributed by atoms with Crippen molar-refractivity contribution in [2.24, 2.45) is 0 Å². The van der Waals surface area contributed by atoms with Crippen LogP contribution in [0, 0.1) is 0 Å². The SMILES string of the molecule is CC(C)(C)c1cc(C(=O)O)c(O)c(C(C)(C)C)c1.CC(C)(C)c1cc(C(=O)O)c(O)c(C(C)(C)C)c1. The van der Waals surface area contributed by atoms with Gasteiger partial charge in [-0.2, -0.15) is 0 Å². The Morgan fingerprint density at radius 2 is 0.750 bits per heavy atom. The second kappa shape index (κ2) is 10.2. The maximum atomic E-state index is 11.2. The Morgan fingerprint density at radius 1 is 0.500 bits per heavy atom. The standard InChI is InChI=1S/2C15H22O3/c2*1-14(2,3)9-7-10(13(17)18)12(16)11(8-9)15(4,5)6/h2*7-8,16H,1-6H3,(H,17,18). The van der Waals surface area contributed by atoms with Gasteiger partial charge in [-0.15, -0.1) is 0 Å². The zero-order valence-corrected chi connectivity index (χ0v) is 23.9. The number of hydrogen-bond acceptors (Lipinski definition) is 4. The smallest absolute Gasteiger partial charge is 0.339 e. The fourth-order valence-electron chi connectivity index (χ4n) is 3.60. The summed E-state index contributed by atoms with van der Waals surface area (Å²) in [7, 11) is 0. The van der Waals surface area contributed by atoms with Gasteiger partial charge < -0.3 is 20.4 Å². The highest BCUT2D eigenvalue weighted by molar-refractivity contribution is 5.92. The van der Waals surface area contributed by atoms with Gasteiger partial charge in [0.25, 0.3) is 0 Å². The number of hydrogen-bond donors (Lipinski definition) is 4. The fourth-order valence-corrected chi connectivity index (χ4v) is 3.60. The summed E-state index contributed by atoms with van der Waals surface area (Å²) in [4.78, 5) is 22.4. The van der Waals surface area contributed by atoms with E-state index in [1.165, 1.54) is 0 Å².